The number of amides is 8. The summed E-state index contributed by atoms with van der Waals surface area (Å²) in [7, 11) is 0. The zero-order valence-corrected chi connectivity index (χ0v) is 47.9. The second-order valence-corrected chi connectivity index (χ2v) is 21.6. The van der Waals surface area contributed by atoms with Crippen LogP contribution in [0.2, 0.25) is 5.02 Å². The molecular formula is C62H76ClN11O10. The van der Waals surface area contributed by atoms with Gasteiger partial charge in [-0.1, -0.05) is 129 Å². The first-order chi connectivity index (χ1) is 40.2. The second kappa shape index (κ2) is 31.7. The Hall–Kier alpha value is -8.63. The number of nitrogens with two attached hydrogens (primary N) is 3. The Morgan fingerprint density at radius 3 is 1.45 bits per heavy atom. The molecule has 0 aliphatic heterocycles. The molecule has 9 atom stereocenters. The monoisotopic (exact) mass is 1170 g/mol. The zero-order valence-electron chi connectivity index (χ0n) is 47.2. The number of nitrogens with one attached hydrogen (secondary N) is 8. The highest BCUT2D eigenvalue weighted by Gasteiger charge is 2.36. The van der Waals surface area contributed by atoms with Crippen LogP contribution >= 0.6 is 11.6 Å². The maximum absolute atomic E-state index is 15.0. The molecule has 0 unspecified atom stereocenters. The van der Waals surface area contributed by atoms with Gasteiger partial charge < -0.3 is 69.6 Å². The molecule has 0 radical (unpaired) electrons. The predicted molar refractivity (Wildman–Crippen MR) is 319 cm³/mol. The number of aliphatic hydroxyl groups is 1. The number of aromatic nitrogens is 1. The van der Waals surface area contributed by atoms with E-state index in [-0.39, 0.29) is 50.8 Å². The van der Waals surface area contributed by atoms with Crippen LogP contribution in [0.4, 0.5) is 0 Å². The number of primary amides is 1. The number of H-pyrrole nitrogens is 1. The highest BCUT2D eigenvalue weighted by Crippen LogP contribution is 2.21. The summed E-state index contributed by atoms with van der Waals surface area (Å²) < 4.78 is 0. The molecule has 0 bridgehead atoms. The number of carbonyl (C=O) groups is 8. The number of aromatic hydroxyl groups is 1. The predicted octanol–water partition coefficient (Wildman–Crippen LogP) is 2.41. The van der Waals surface area contributed by atoms with Gasteiger partial charge in [0.05, 0.1) is 12.1 Å². The normalized spacial score (nSPS) is 14.5. The molecule has 22 heteroatoms. The minimum absolute atomic E-state index is 0.0379. The molecule has 5 aromatic carbocycles. The van der Waals surface area contributed by atoms with Crippen molar-refractivity contribution in [2.45, 2.75) is 127 Å². The van der Waals surface area contributed by atoms with Crippen LogP contribution in [0.25, 0.3) is 10.9 Å². The highest BCUT2D eigenvalue weighted by atomic mass is 35.5. The lowest BCUT2D eigenvalue weighted by atomic mass is 9.99. The average molecular weight is 1170 g/mol. The van der Waals surface area contributed by atoms with Gasteiger partial charge in [-0.2, -0.15) is 0 Å². The summed E-state index contributed by atoms with van der Waals surface area (Å²) in [5.74, 6) is -7.02. The maximum atomic E-state index is 15.0. The van der Waals surface area contributed by atoms with Gasteiger partial charge in [-0.15, -0.1) is 0 Å². The van der Waals surface area contributed by atoms with Gasteiger partial charge in [0.2, 0.25) is 47.3 Å². The molecule has 1 aromatic heterocycles. The van der Waals surface area contributed by atoms with Crippen LogP contribution in [0.5, 0.6) is 5.75 Å². The fourth-order valence-corrected chi connectivity index (χ4v) is 9.61. The number of phenols is 1. The first kappa shape index (κ1) is 64.5. The second-order valence-electron chi connectivity index (χ2n) is 21.2. The average Bonchev–Trinajstić information content (AvgIpc) is 4.11. The lowest BCUT2D eigenvalue weighted by Crippen LogP contribution is -2.62. The minimum atomic E-state index is -1.48. The van der Waals surface area contributed by atoms with Gasteiger partial charge in [0, 0.05) is 47.8 Å². The third kappa shape index (κ3) is 19.5. The summed E-state index contributed by atoms with van der Waals surface area (Å²) in [6.45, 7) is 4.88. The van der Waals surface area contributed by atoms with Crippen LogP contribution in [0, 0.1) is 5.92 Å². The van der Waals surface area contributed by atoms with Gasteiger partial charge in [-0.25, -0.2) is 0 Å². The van der Waals surface area contributed by atoms with Crippen molar-refractivity contribution in [3.8, 4) is 5.75 Å². The zero-order chi connectivity index (χ0) is 60.9. The minimum Gasteiger partial charge on any atom is -0.508 e. The van der Waals surface area contributed by atoms with Crippen molar-refractivity contribution in [3.05, 3.63) is 172 Å². The Morgan fingerprint density at radius 2 is 0.929 bits per heavy atom. The fraction of sp³-hybridized carbons (Fsp3) is 0.355. The van der Waals surface area contributed by atoms with Crippen LogP contribution < -0.4 is 54.4 Å². The number of benzene rings is 5. The molecule has 21 nitrogen and oxygen atoms in total. The van der Waals surface area contributed by atoms with E-state index in [1.54, 1.807) is 86.8 Å². The highest BCUT2D eigenvalue weighted by molar-refractivity contribution is 6.30. The van der Waals surface area contributed by atoms with Crippen molar-refractivity contribution in [1.29, 1.82) is 0 Å². The number of hydrogen-bond acceptors (Lipinski definition) is 12. The Bertz CT molecular complexity index is 3160. The number of aromatic amines is 1. The largest absolute Gasteiger partial charge is 0.508 e. The number of rotatable bonds is 31. The number of aliphatic hydroxyl groups excluding tert-OH is 1. The van der Waals surface area contributed by atoms with Crippen LogP contribution in [0.15, 0.2) is 140 Å². The lowest BCUT2D eigenvalue weighted by molar-refractivity contribution is -0.136. The van der Waals surface area contributed by atoms with Crippen molar-refractivity contribution < 1.29 is 48.6 Å². The third-order valence-corrected chi connectivity index (χ3v) is 14.4. The van der Waals surface area contributed by atoms with Gasteiger partial charge in [0.25, 0.3) is 0 Å². The van der Waals surface area contributed by atoms with Crippen molar-refractivity contribution >= 4 is 69.8 Å². The van der Waals surface area contributed by atoms with E-state index in [4.69, 9.17) is 28.8 Å². The molecule has 6 rings (SSSR count). The van der Waals surface area contributed by atoms with E-state index < -0.39 is 108 Å². The number of unbranched alkanes of at least 4 members (excludes halogenated alkanes) is 1. The van der Waals surface area contributed by atoms with Gasteiger partial charge in [-0.05, 0) is 103 Å². The molecule has 0 spiro atoms. The summed E-state index contributed by atoms with van der Waals surface area (Å²) >= 11 is 6.20. The Balaban J connectivity index is 1.29. The Morgan fingerprint density at radius 1 is 0.500 bits per heavy atom. The van der Waals surface area contributed by atoms with E-state index in [2.05, 4.69) is 42.2 Å². The molecular weight excluding hydrogens is 1090 g/mol. The fourth-order valence-electron chi connectivity index (χ4n) is 9.48. The number of phenolic OH excluding ortho intramolecular Hbond substituents is 1. The van der Waals surface area contributed by atoms with Crippen LogP contribution in [-0.2, 0) is 70.5 Å². The molecule has 446 valence electrons. The summed E-state index contributed by atoms with van der Waals surface area (Å²) in [6.07, 6.45) is 0.974. The Kier molecular flexibility index (Phi) is 24.4. The molecule has 0 aliphatic carbocycles. The van der Waals surface area contributed by atoms with Crippen molar-refractivity contribution in [2.24, 2.45) is 23.1 Å². The smallest absolute Gasteiger partial charge is 0.243 e. The van der Waals surface area contributed by atoms with Gasteiger partial charge in [0.15, 0.2) is 0 Å². The number of halogens is 1. The summed E-state index contributed by atoms with van der Waals surface area (Å²) in [5.41, 5.74) is 21.7. The van der Waals surface area contributed by atoms with Crippen molar-refractivity contribution in [2.75, 3.05) is 6.54 Å². The van der Waals surface area contributed by atoms with Crippen molar-refractivity contribution in [1.82, 2.24) is 42.2 Å². The molecule has 0 saturated carbocycles. The molecule has 0 saturated heterocycles. The third-order valence-electron chi connectivity index (χ3n) is 14.2. The van der Waals surface area contributed by atoms with E-state index in [9.17, 15) is 39.0 Å². The van der Waals surface area contributed by atoms with E-state index in [1.165, 1.54) is 19.1 Å². The number of fused-ring (bicyclic) bond motifs is 1. The van der Waals surface area contributed by atoms with Gasteiger partial charge >= 0.3 is 0 Å². The lowest BCUT2D eigenvalue weighted by Gasteiger charge is -2.29. The molecule has 16 N–H and O–H groups in total. The molecule has 8 amide bonds. The van der Waals surface area contributed by atoms with E-state index in [1.807, 2.05) is 54.6 Å². The summed E-state index contributed by atoms with van der Waals surface area (Å²) in [5, 5.41) is 40.8. The Labute approximate surface area is 493 Å². The quantitative estimate of drug-likeness (QED) is 0.0279. The molecule has 0 fully saturated rings. The van der Waals surface area contributed by atoms with E-state index in [0.29, 0.717) is 40.1 Å². The standard InChI is InChI=1S/C62H76ClN11O10/c1-36(2)53(62(84)72-51(31-39-16-8-5-9-17-39)61(83)74-54(37(3)75)55(66)77)73-57(79)48(20-12-13-29-64)68-60(82)52(34-42-35-67-47-19-11-10-18-45(42)47)71-59(81)50(33-41-23-27-44(76)28-24-41)70-58(80)49(32-40-21-25-43(63)26-22-40)69-56(78)46(65)30-38-14-6-4-7-15-38/h4-11,14-19,21-28,35-37,46,48-54,67,75-76H,12-13,20,29-34,64-65H2,1-3H3,(H2,66,77)(H,68,82)(H,69,78)(H,70,80)(H,71,81)(H,72,84)(H,73,79)(H,74,83)/t37-,46+,48+,49-,50+,51+,52-,53+,54+/m1/s1. The van der Waals surface area contributed by atoms with Gasteiger partial charge in [0.1, 0.15) is 48.0 Å². The van der Waals surface area contributed by atoms with E-state index >= 15 is 9.59 Å². The summed E-state index contributed by atoms with van der Waals surface area (Å²) in [4.78, 5) is 117. The van der Waals surface area contributed by atoms with Crippen LogP contribution in [-0.4, -0.2) is 123 Å². The molecule has 84 heavy (non-hydrogen) atoms. The first-order valence-corrected chi connectivity index (χ1v) is 28.3. The number of hydrogen-bond donors (Lipinski definition) is 13. The molecule has 0 aliphatic rings. The summed E-state index contributed by atoms with van der Waals surface area (Å²) in [6, 6.07) is 27.2. The van der Waals surface area contributed by atoms with Crippen LogP contribution in [0.3, 0.4) is 0 Å². The topological polar surface area (TPSA) is 355 Å². The van der Waals surface area contributed by atoms with Gasteiger partial charge in [-0.3, -0.25) is 38.4 Å². The molecule has 6 aromatic rings. The van der Waals surface area contributed by atoms with Crippen LogP contribution in [0.1, 0.15) is 67.9 Å². The van der Waals surface area contributed by atoms with E-state index in [0.717, 1.165) is 16.5 Å². The first-order valence-electron chi connectivity index (χ1n) is 27.9. The SMILES string of the molecule is CC(C)[C@H](NC(=O)[C@H](CCCCN)NC(=O)[C@@H](Cc1c[nH]c2ccccc12)NC(=O)[C@H](Cc1ccc(O)cc1)NC(=O)[C@@H](Cc1ccc(Cl)cc1)NC(=O)[C@@H](N)Cc1ccccc1)C(=O)N[C@@H](Cc1ccccc1)C(=O)N[C@H](C(N)=O)[C@@H](C)O. The molecule has 1 heterocycles. The number of para-hydroxylation sites is 1. The maximum Gasteiger partial charge on any atom is 0.243 e. The number of carbonyl (C=O) groups excluding carboxylic acids is 8. The van der Waals surface area contributed by atoms with Crippen molar-refractivity contribution in [3.63, 3.8) is 0 Å².